The smallest absolute Gasteiger partial charge is 0.255 e. The quantitative estimate of drug-likeness (QED) is 0.711. The van der Waals surface area contributed by atoms with Gasteiger partial charge in [-0.1, -0.05) is 6.07 Å². The molecule has 0 fully saturated rings. The van der Waals surface area contributed by atoms with Crippen molar-refractivity contribution in [3.63, 3.8) is 0 Å². The maximum Gasteiger partial charge on any atom is 0.255 e. The molecule has 1 heterocycles. The Balaban J connectivity index is 1.86. The van der Waals surface area contributed by atoms with Gasteiger partial charge in [0.2, 0.25) is 0 Å². The summed E-state index contributed by atoms with van der Waals surface area (Å²) in [7, 11) is 1.57. The molecule has 3 aromatic rings. The third-order valence-electron chi connectivity index (χ3n) is 3.01. The van der Waals surface area contributed by atoms with Crippen LogP contribution in [0.3, 0.4) is 0 Å². The number of aromatic nitrogens is 1. The molecule has 0 atom stereocenters. The van der Waals surface area contributed by atoms with Gasteiger partial charge in [0.25, 0.3) is 5.91 Å². The summed E-state index contributed by atoms with van der Waals surface area (Å²) < 4.78 is 6.86. The first kappa shape index (κ1) is 13.8. The molecule has 0 aliphatic rings. The molecule has 0 saturated carbocycles. The fraction of sp³-hybridized carbons (Fsp3) is 0.0667. The lowest BCUT2D eigenvalue weighted by Gasteiger charge is -2.06. The molecule has 4 nitrogen and oxygen atoms in total. The minimum absolute atomic E-state index is 0.174. The van der Waals surface area contributed by atoms with Crippen LogP contribution in [0.5, 0.6) is 5.75 Å². The first-order chi connectivity index (χ1) is 10.2. The largest absolute Gasteiger partial charge is 0.497 e. The number of methoxy groups -OCH3 is 1. The molecule has 6 heteroatoms. The topological polar surface area (TPSA) is 54.1 Å². The van der Waals surface area contributed by atoms with Gasteiger partial charge in [-0.2, -0.15) is 0 Å². The Bertz CT molecular complexity index is 867. The summed E-state index contributed by atoms with van der Waals surface area (Å²) in [5.41, 5.74) is 2.26. The van der Waals surface area contributed by atoms with Crippen LogP contribution in [-0.4, -0.2) is 18.0 Å². The Labute approximate surface area is 130 Å². The van der Waals surface area contributed by atoms with Crippen LogP contribution in [-0.2, 0) is 0 Å². The van der Waals surface area contributed by atoms with E-state index in [9.17, 15) is 4.79 Å². The zero-order chi connectivity index (χ0) is 14.8. The monoisotopic (exact) mass is 316 g/mol. The molecule has 0 aliphatic carbocycles. The van der Waals surface area contributed by atoms with E-state index >= 15 is 0 Å². The Morgan fingerprint density at radius 1 is 1.29 bits per heavy atom. The molecule has 0 saturated heterocycles. The molecule has 106 valence electrons. The summed E-state index contributed by atoms with van der Waals surface area (Å²) in [6.45, 7) is 0. The first-order valence-corrected chi connectivity index (χ1v) is 7.46. The third-order valence-corrected chi connectivity index (χ3v) is 4.21. The second-order valence-corrected chi connectivity index (χ2v) is 6.13. The summed E-state index contributed by atoms with van der Waals surface area (Å²) in [4.78, 5) is 15.3. The predicted molar refractivity (Wildman–Crippen MR) is 88.0 cm³/mol. The highest BCUT2D eigenvalue weighted by atomic mass is 32.1. The summed E-state index contributed by atoms with van der Waals surface area (Å²) in [5, 5.41) is 2.88. The number of amides is 1. The number of aromatic amines is 1. The highest BCUT2D eigenvalue weighted by Crippen LogP contribution is 2.23. The van der Waals surface area contributed by atoms with Crippen LogP contribution >= 0.6 is 23.6 Å². The average molecular weight is 316 g/mol. The van der Waals surface area contributed by atoms with Crippen LogP contribution in [0, 0.1) is 3.95 Å². The Kier molecular flexibility index (Phi) is 3.72. The van der Waals surface area contributed by atoms with Gasteiger partial charge in [0.05, 0.1) is 17.3 Å². The van der Waals surface area contributed by atoms with Crippen LogP contribution in [0.1, 0.15) is 10.4 Å². The Morgan fingerprint density at radius 2 is 2.14 bits per heavy atom. The fourth-order valence-corrected chi connectivity index (χ4v) is 3.15. The number of fused-ring (bicyclic) bond motifs is 1. The van der Waals surface area contributed by atoms with E-state index in [1.54, 1.807) is 31.4 Å². The van der Waals surface area contributed by atoms with Crippen LogP contribution in [0.2, 0.25) is 0 Å². The number of ether oxygens (including phenoxy) is 1. The second-order valence-electron chi connectivity index (χ2n) is 4.41. The van der Waals surface area contributed by atoms with E-state index in [4.69, 9.17) is 17.0 Å². The maximum atomic E-state index is 12.2. The number of rotatable bonds is 3. The molecule has 0 radical (unpaired) electrons. The van der Waals surface area contributed by atoms with Crippen molar-refractivity contribution in [1.29, 1.82) is 0 Å². The lowest BCUT2D eigenvalue weighted by atomic mass is 10.2. The first-order valence-electron chi connectivity index (χ1n) is 6.24. The summed E-state index contributed by atoms with van der Waals surface area (Å²) in [6.07, 6.45) is 0. The molecule has 2 N–H and O–H groups in total. The van der Waals surface area contributed by atoms with Crippen molar-refractivity contribution >= 4 is 45.4 Å². The molecular weight excluding hydrogens is 304 g/mol. The van der Waals surface area contributed by atoms with Crippen LogP contribution in [0.25, 0.3) is 10.2 Å². The highest BCUT2D eigenvalue weighted by Gasteiger charge is 2.08. The van der Waals surface area contributed by atoms with Crippen molar-refractivity contribution in [2.24, 2.45) is 0 Å². The highest BCUT2D eigenvalue weighted by molar-refractivity contribution is 7.73. The molecule has 2 aromatic carbocycles. The zero-order valence-corrected chi connectivity index (χ0v) is 12.8. The van der Waals surface area contributed by atoms with Gasteiger partial charge in [-0.15, -0.1) is 11.3 Å². The van der Waals surface area contributed by atoms with Gasteiger partial charge in [0.15, 0.2) is 3.95 Å². The standard InChI is InChI=1S/C15H12N2O2S2/c1-19-11-4-2-3-9(7-11)14(18)16-10-5-6-12-13(8-10)21-15(20)17-12/h2-8H,1H3,(H,16,18)(H,17,20). The van der Waals surface area contributed by atoms with Crippen molar-refractivity contribution in [3.05, 3.63) is 52.0 Å². The van der Waals surface area contributed by atoms with E-state index < -0.39 is 0 Å². The van der Waals surface area contributed by atoms with Gasteiger partial charge in [-0.05, 0) is 48.6 Å². The summed E-state index contributed by atoms with van der Waals surface area (Å²) >= 11 is 6.59. The van der Waals surface area contributed by atoms with Crippen LogP contribution in [0.15, 0.2) is 42.5 Å². The minimum atomic E-state index is -0.174. The number of nitrogens with one attached hydrogen (secondary N) is 2. The van der Waals surface area contributed by atoms with E-state index in [0.29, 0.717) is 11.3 Å². The van der Waals surface area contributed by atoms with Crippen molar-refractivity contribution in [1.82, 2.24) is 4.98 Å². The van der Waals surface area contributed by atoms with Crippen molar-refractivity contribution in [3.8, 4) is 5.75 Å². The SMILES string of the molecule is COc1cccc(C(=O)Nc2ccc3[nH]c(=S)sc3c2)c1. The molecule has 0 spiro atoms. The zero-order valence-electron chi connectivity index (χ0n) is 11.2. The fourth-order valence-electron chi connectivity index (χ4n) is 1.99. The molecule has 0 aliphatic heterocycles. The number of H-pyrrole nitrogens is 1. The van der Waals surface area contributed by atoms with E-state index in [-0.39, 0.29) is 5.91 Å². The number of carbonyl (C=O) groups excluding carboxylic acids is 1. The van der Waals surface area contributed by atoms with Crippen LogP contribution < -0.4 is 10.1 Å². The minimum Gasteiger partial charge on any atom is -0.497 e. The van der Waals surface area contributed by atoms with E-state index in [0.717, 1.165) is 19.9 Å². The van der Waals surface area contributed by atoms with Crippen molar-refractivity contribution in [2.45, 2.75) is 0 Å². The number of hydrogen-bond donors (Lipinski definition) is 2. The third kappa shape index (κ3) is 2.96. The van der Waals surface area contributed by atoms with Gasteiger partial charge < -0.3 is 15.0 Å². The van der Waals surface area contributed by atoms with Crippen molar-refractivity contribution < 1.29 is 9.53 Å². The molecule has 0 unspecified atom stereocenters. The number of hydrogen-bond acceptors (Lipinski definition) is 4. The van der Waals surface area contributed by atoms with Gasteiger partial charge in [0.1, 0.15) is 5.75 Å². The molecule has 21 heavy (non-hydrogen) atoms. The summed E-state index contributed by atoms with van der Waals surface area (Å²) in [6, 6.07) is 12.7. The van der Waals surface area contributed by atoms with Crippen LogP contribution in [0.4, 0.5) is 5.69 Å². The lowest BCUT2D eigenvalue weighted by Crippen LogP contribution is -2.11. The number of thiazole rings is 1. The molecule has 1 aromatic heterocycles. The Hall–Kier alpha value is -2.18. The average Bonchev–Trinajstić information content (AvgIpc) is 2.86. The summed E-state index contributed by atoms with van der Waals surface area (Å²) in [5.74, 6) is 0.481. The molecule has 0 bridgehead atoms. The normalized spacial score (nSPS) is 10.5. The van der Waals surface area contributed by atoms with E-state index in [2.05, 4.69) is 10.3 Å². The number of benzene rings is 2. The van der Waals surface area contributed by atoms with Gasteiger partial charge in [-0.25, -0.2) is 0 Å². The molecular formula is C15H12N2O2S2. The van der Waals surface area contributed by atoms with Crippen molar-refractivity contribution in [2.75, 3.05) is 12.4 Å². The van der Waals surface area contributed by atoms with Gasteiger partial charge in [-0.3, -0.25) is 4.79 Å². The predicted octanol–water partition coefficient (Wildman–Crippen LogP) is 4.22. The van der Waals surface area contributed by atoms with Gasteiger partial charge in [0, 0.05) is 11.3 Å². The number of carbonyl (C=O) groups is 1. The maximum absolute atomic E-state index is 12.2. The number of anilines is 1. The lowest BCUT2D eigenvalue weighted by molar-refractivity contribution is 0.102. The van der Waals surface area contributed by atoms with Gasteiger partial charge >= 0.3 is 0 Å². The molecule has 1 amide bonds. The molecule has 3 rings (SSSR count). The van der Waals surface area contributed by atoms with E-state index in [1.807, 2.05) is 18.2 Å². The Morgan fingerprint density at radius 3 is 2.95 bits per heavy atom. The second kappa shape index (κ2) is 5.67. The van der Waals surface area contributed by atoms with E-state index in [1.165, 1.54) is 11.3 Å².